The molecule has 3 nitrogen and oxygen atoms in total. The van der Waals surface area contributed by atoms with Gasteiger partial charge in [-0.15, -0.1) is 0 Å². The van der Waals surface area contributed by atoms with Crippen LogP contribution < -0.4 is 10.6 Å². The molecule has 0 aliphatic carbocycles. The molecule has 3 heteroatoms. The fourth-order valence-corrected chi connectivity index (χ4v) is 6.48. The summed E-state index contributed by atoms with van der Waals surface area (Å²) in [5, 5.41) is 7.62. The van der Waals surface area contributed by atoms with Gasteiger partial charge in [-0.2, -0.15) is 0 Å². The highest BCUT2D eigenvalue weighted by Gasteiger charge is 2.43. The third kappa shape index (κ3) is 7.91. The molecule has 0 bridgehead atoms. The molecule has 208 valence electrons. The summed E-state index contributed by atoms with van der Waals surface area (Å²) in [5.41, 5.74) is 5.56. The Kier molecular flexibility index (Phi) is 10.6. The van der Waals surface area contributed by atoms with E-state index in [9.17, 15) is 0 Å². The standard InChI is InChI=1S/C37H45N3/c1-5-15-32(16-6-1)27-36-30-39-24-13-23-38-25-14-26-40(31-35-21-11-4-12-22-35)37(36,28-33-17-7-2-8-18-33)29-34-19-9-3-10-20-34/h1-12,15-22,36,38-39H,13-14,23-31H2. The monoisotopic (exact) mass is 531 g/mol. The molecule has 0 saturated carbocycles. The normalized spacial score (nSPS) is 18.9. The highest BCUT2D eigenvalue weighted by Crippen LogP contribution is 2.37. The second-order valence-corrected chi connectivity index (χ2v) is 11.4. The summed E-state index contributed by atoms with van der Waals surface area (Å²) >= 11 is 0. The molecule has 1 aliphatic heterocycles. The lowest BCUT2D eigenvalue weighted by Gasteiger charge is -2.50. The van der Waals surface area contributed by atoms with Crippen LogP contribution in [0, 0.1) is 5.92 Å². The van der Waals surface area contributed by atoms with Gasteiger partial charge in [0.05, 0.1) is 0 Å². The van der Waals surface area contributed by atoms with Crippen molar-refractivity contribution >= 4 is 0 Å². The van der Waals surface area contributed by atoms with E-state index in [4.69, 9.17) is 0 Å². The number of nitrogens with one attached hydrogen (secondary N) is 2. The molecule has 1 heterocycles. The summed E-state index contributed by atoms with van der Waals surface area (Å²) in [4.78, 5) is 2.86. The van der Waals surface area contributed by atoms with Crippen molar-refractivity contribution in [1.29, 1.82) is 0 Å². The maximum atomic E-state index is 3.92. The van der Waals surface area contributed by atoms with Gasteiger partial charge in [0.15, 0.2) is 0 Å². The van der Waals surface area contributed by atoms with Gasteiger partial charge in [-0.05, 0) is 79.9 Å². The zero-order valence-electron chi connectivity index (χ0n) is 23.8. The van der Waals surface area contributed by atoms with Crippen molar-refractivity contribution < 1.29 is 0 Å². The van der Waals surface area contributed by atoms with Crippen LogP contribution in [0.1, 0.15) is 35.1 Å². The van der Waals surface area contributed by atoms with Gasteiger partial charge in [0.25, 0.3) is 0 Å². The molecule has 1 atom stereocenters. The maximum absolute atomic E-state index is 3.92. The predicted octanol–water partition coefficient (Wildman–Crippen LogP) is 6.54. The summed E-state index contributed by atoms with van der Waals surface area (Å²) in [6.07, 6.45) is 5.39. The lowest BCUT2D eigenvalue weighted by atomic mass is 9.70. The van der Waals surface area contributed by atoms with Crippen LogP contribution in [0.4, 0.5) is 0 Å². The summed E-state index contributed by atoms with van der Waals surface area (Å²) in [7, 11) is 0. The van der Waals surface area contributed by atoms with E-state index in [2.05, 4.69) is 137 Å². The first-order valence-corrected chi connectivity index (χ1v) is 15.1. The van der Waals surface area contributed by atoms with Crippen LogP contribution in [-0.4, -0.2) is 43.2 Å². The topological polar surface area (TPSA) is 27.3 Å². The Morgan fingerprint density at radius 1 is 0.550 bits per heavy atom. The molecule has 1 fully saturated rings. The molecule has 5 rings (SSSR count). The van der Waals surface area contributed by atoms with Crippen molar-refractivity contribution in [3.63, 3.8) is 0 Å². The minimum absolute atomic E-state index is 0.0828. The molecule has 1 aliphatic rings. The maximum Gasteiger partial charge on any atom is 0.0337 e. The van der Waals surface area contributed by atoms with E-state index in [1.54, 1.807) is 0 Å². The van der Waals surface area contributed by atoms with Crippen molar-refractivity contribution in [3.8, 4) is 0 Å². The fraction of sp³-hybridized carbons (Fsp3) is 0.351. The molecule has 2 N–H and O–H groups in total. The Morgan fingerprint density at radius 2 is 1.02 bits per heavy atom. The number of benzene rings is 4. The highest BCUT2D eigenvalue weighted by atomic mass is 15.2. The van der Waals surface area contributed by atoms with E-state index in [-0.39, 0.29) is 5.54 Å². The van der Waals surface area contributed by atoms with E-state index < -0.39 is 0 Å². The van der Waals surface area contributed by atoms with Gasteiger partial charge in [0.1, 0.15) is 0 Å². The molecular formula is C37H45N3. The molecule has 0 spiro atoms. The summed E-state index contributed by atoms with van der Waals surface area (Å²) in [5.74, 6) is 0.423. The molecule has 0 radical (unpaired) electrons. The van der Waals surface area contributed by atoms with Crippen LogP contribution >= 0.6 is 0 Å². The zero-order chi connectivity index (χ0) is 27.3. The van der Waals surface area contributed by atoms with Gasteiger partial charge in [-0.3, -0.25) is 4.90 Å². The highest BCUT2D eigenvalue weighted by molar-refractivity contribution is 5.27. The molecular weight excluding hydrogens is 486 g/mol. The molecule has 4 aromatic carbocycles. The van der Waals surface area contributed by atoms with Crippen molar-refractivity contribution in [3.05, 3.63) is 144 Å². The SMILES string of the molecule is c1ccc(CC2CNCCCNCCCN(Cc3ccccc3)C2(Cc2ccccc2)Cc2ccccc2)cc1. The van der Waals surface area contributed by atoms with Crippen molar-refractivity contribution in [2.45, 2.75) is 44.2 Å². The lowest BCUT2D eigenvalue weighted by molar-refractivity contribution is 0.0200. The third-order valence-electron chi connectivity index (χ3n) is 8.52. The van der Waals surface area contributed by atoms with Gasteiger partial charge < -0.3 is 10.6 Å². The zero-order valence-corrected chi connectivity index (χ0v) is 23.8. The van der Waals surface area contributed by atoms with Gasteiger partial charge in [0.2, 0.25) is 0 Å². The first kappa shape index (κ1) is 28.3. The van der Waals surface area contributed by atoms with Gasteiger partial charge in [-0.25, -0.2) is 0 Å². The van der Waals surface area contributed by atoms with Crippen LogP contribution in [-0.2, 0) is 25.8 Å². The summed E-state index contributed by atoms with van der Waals surface area (Å²) < 4.78 is 0. The van der Waals surface area contributed by atoms with Gasteiger partial charge in [0, 0.05) is 25.2 Å². The van der Waals surface area contributed by atoms with Crippen molar-refractivity contribution in [1.82, 2.24) is 15.5 Å². The number of hydrogen-bond donors (Lipinski definition) is 2. The number of rotatable bonds is 8. The van der Waals surface area contributed by atoms with Crippen LogP contribution in [0.3, 0.4) is 0 Å². The largest absolute Gasteiger partial charge is 0.317 e. The average molecular weight is 532 g/mol. The lowest BCUT2D eigenvalue weighted by Crippen LogP contribution is -2.60. The van der Waals surface area contributed by atoms with E-state index in [0.29, 0.717) is 5.92 Å². The quantitative estimate of drug-likeness (QED) is 0.270. The van der Waals surface area contributed by atoms with E-state index in [1.165, 1.54) is 22.3 Å². The van der Waals surface area contributed by atoms with Crippen molar-refractivity contribution in [2.75, 3.05) is 32.7 Å². The Hall–Kier alpha value is -3.24. The van der Waals surface area contributed by atoms with E-state index >= 15 is 0 Å². The molecule has 1 saturated heterocycles. The number of nitrogens with zero attached hydrogens (tertiary/aromatic N) is 1. The summed E-state index contributed by atoms with van der Waals surface area (Å²) in [6, 6.07) is 44.7. The molecule has 40 heavy (non-hydrogen) atoms. The van der Waals surface area contributed by atoms with Crippen LogP contribution in [0.15, 0.2) is 121 Å². The summed E-state index contributed by atoms with van der Waals surface area (Å²) in [6.45, 7) is 6.19. The van der Waals surface area contributed by atoms with E-state index in [0.717, 1.165) is 71.4 Å². The first-order chi connectivity index (χ1) is 19.8. The minimum atomic E-state index is -0.0828. The molecule has 4 aromatic rings. The van der Waals surface area contributed by atoms with Crippen LogP contribution in [0.25, 0.3) is 0 Å². The Balaban J connectivity index is 1.65. The molecule has 0 aromatic heterocycles. The minimum Gasteiger partial charge on any atom is -0.317 e. The molecule has 1 unspecified atom stereocenters. The van der Waals surface area contributed by atoms with Crippen LogP contribution in [0.2, 0.25) is 0 Å². The van der Waals surface area contributed by atoms with Gasteiger partial charge >= 0.3 is 0 Å². The first-order valence-electron chi connectivity index (χ1n) is 15.1. The second kappa shape index (κ2) is 14.9. The predicted molar refractivity (Wildman–Crippen MR) is 168 cm³/mol. The molecule has 0 amide bonds. The van der Waals surface area contributed by atoms with Gasteiger partial charge in [-0.1, -0.05) is 121 Å². The fourth-order valence-electron chi connectivity index (χ4n) is 6.48. The third-order valence-corrected chi connectivity index (χ3v) is 8.52. The van der Waals surface area contributed by atoms with E-state index in [1.807, 2.05) is 0 Å². The smallest absolute Gasteiger partial charge is 0.0337 e. The second-order valence-electron chi connectivity index (χ2n) is 11.4. The number of hydrogen-bond acceptors (Lipinski definition) is 3. The Labute approximate surface area is 241 Å². The Bertz CT molecular complexity index is 1130. The Morgan fingerprint density at radius 3 is 1.60 bits per heavy atom. The van der Waals surface area contributed by atoms with Crippen molar-refractivity contribution in [2.24, 2.45) is 5.92 Å². The van der Waals surface area contributed by atoms with Crippen LogP contribution in [0.5, 0.6) is 0 Å². The average Bonchev–Trinajstić information content (AvgIpc) is 3.00.